The molecule has 1 aliphatic heterocycles. The SMILES string of the molecule is C=CCC(N)C(=O)N1CCCC(NC(C)=O)C1. The molecule has 5 nitrogen and oxygen atoms in total. The van der Waals surface area contributed by atoms with Crippen molar-refractivity contribution in [2.24, 2.45) is 5.73 Å². The Labute approximate surface area is 102 Å². The van der Waals surface area contributed by atoms with Crippen molar-refractivity contribution in [3.63, 3.8) is 0 Å². The van der Waals surface area contributed by atoms with Crippen molar-refractivity contribution in [2.45, 2.75) is 38.3 Å². The molecule has 0 aromatic carbocycles. The van der Waals surface area contributed by atoms with Gasteiger partial charge in [0, 0.05) is 26.1 Å². The smallest absolute Gasteiger partial charge is 0.239 e. The second kappa shape index (κ2) is 6.39. The van der Waals surface area contributed by atoms with E-state index < -0.39 is 6.04 Å². The fourth-order valence-electron chi connectivity index (χ4n) is 2.10. The number of likely N-dealkylation sites (tertiary alicyclic amines) is 1. The number of carbonyl (C=O) groups is 2. The Hall–Kier alpha value is -1.36. The summed E-state index contributed by atoms with van der Waals surface area (Å²) in [5.41, 5.74) is 5.76. The Morgan fingerprint density at radius 3 is 2.94 bits per heavy atom. The average Bonchev–Trinajstić information content (AvgIpc) is 2.28. The van der Waals surface area contributed by atoms with Crippen LogP contribution in [0.25, 0.3) is 0 Å². The number of carbonyl (C=O) groups excluding carboxylic acids is 2. The molecular formula is C12H21N3O2. The number of piperidine rings is 1. The van der Waals surface area contributed by atoms with Crippen LogP contribution in [0.4, 0.5) is 0 Å². The molecule has 0 aromatic rings. The Morgan fingerprint density at radius 2 is 2.35 bits per heavy atom. The summed E-state index contributed by atoms with van der Waals surface area (Å²) < 4.78 is 0. The van der Waals surface area contributed by atoms with Gasteiger partial charge in [0.05, 0.1) is 6.04 Å². The first-order valence-corrected chi connectivity index (χ1v) is 5.97. The molecule has 5 heteroatoms. The molecule has 17 heavy (non-hydrogen) atoms. The molecule has 0 bridgehead atoms. The molecule has 96 valence electrons. The highest BCUT2D eigenvalue weighted by molar-refractivity contribution is 5.82. The maximum absolute atomic E-state index is 12.0. The van der Waals surface area contributed by atoms with Crippen molar-refractivity contribution < 1.29 is 9.59 Å². The molecule has 1 aliphatic rings. The van der Waals surface area contributed by atoms with E-state index in [-0.39, 0.29) is 17.9 Å². The van der Waals surface area contributed by atoms with E-state index in [1.807, 2.05) is 0 Å². The lowest BCUT2D eigenvalue weighted by Gasteiger charge is -2.34. The standard InChI is InChI=1S/C12H21N3O2/c1-3-5-11(13)12(17)15-7-4-6-10(8-15)14-9(2)16/h3,10-11H,1,4-8,13H2,2H3,(H,14,16). The van der Waals surface area contributed by atoms with E-state index in [1.165, 1.54) is 6.92 Å². The Kier molecular flexibility index (Phi) is 5.15. The fraction of sp³-hybridized carbons (Fsp3) is 0.667. The first-order chi connectivity index (χ1) is 8.04. The molecule has 1 heterocycles. The molecular weight excluding hydrogens is 218 g/mol. The third kappa shape index (κ3) is 4.19. The summed E-state index contributed by atoms with van der Waals surface area (Å²) >= 11 is 0. The van der Waals surface area contributed by atoms with Crippen LogP contribution in [-0.4, -0.2) is 41.9 Å². The number of nitrogens with zero attached hydrogens (tertiary/aromatic N) is 1. The van der Waals surface area contributed by atoms with E-state index in [4.69, 9.17) is 5.73 Å². The van der Waals surface area contributed by atoms with Crippen LogP contribution < -0.4 is 11.1 Å². The summed E-state index contributed by atoms with van der Waals surface area (Å²) in [6.45, 7) is 6.35. The van der Waals surface area contributed by atoms with Crippen molar-refractivity contribution in [2.75, 3.05) is 13.1 Å². The second-order valence-corrected chi connectivity index (χ2v) is 4.45. The molecule has 0 spiro atoms. The van der Waals surface area contributed by atoms with Crippen LogP contribution in [0.2, 0.25) is 0 Å². The summed E-state index contributed by atoms with van der Waals surface area (Å²) in [5.74, 6) is -0.111. The first kappa shape index (κ1) is 13.7. The van der Waals surface area contributed by atoms with Crippen LogP contribution in [0.5, 0.6) is 0 Å². The zero-order valence-corrected chi connectivity index (χ0v) is 10.3. The van der Waals surface area contributed by atoms with Gasteiger partial charge < -0.3 is 16.0 Å². The van der Waals surface area contributed by atoms with Gasteiger partial charge in [-0.15, -0.1) is 6.58 Å². The van der Waals surface area contributed by atoms with Gasteiger partial charge >= 0.3 is 0 Å². The highest BCUT2D eigenvalue weighted by Crippen LogP contribution is 2.11. The van der Waals surface area contributed by atoms with Crippen molar-refractivity contribution in [1.82, 2.24) is 10.2 Å². The first-order valence-electron chi connectivity index (χ1n) is 5.97. The maximum Gasteiger partial charge on any atom is 0.239 e. The van der Waals surface area contributed by atoms with Gasteiger partial charge in [-0.05, 0) is 19.3 Å². The number of rotatable bonds is 4. The van der Waals surface area contributed by atoms with Crippen LogP contribution >= 0.6 is 0 Å². The summed E-state index contributed by atoms with van der Waals surface area (Å²) in [6.07, 6.45) is 3.95. The molecule has 2 atom stereocenters. The second-order valence-electron chi connectivity index (χ2n) is 4.45. The van der Waals surface area contributed by atoms with E-state index in [9.17, 15) is 9.59 Å². The summed E-state index contributed by atoms with van der Waals surface area (Å²) in [6, 6.07) is -0.454. The third-order valence-electron chi connectivity index (χ3n) is 2.88. The van der Waals surface area contributed by atoms with Crippen LogP contribution in [-0.2, 0) is 9.59 Å². The molecule has 3 N–H and O–H groups in total. The van der Waals surface area contributed by atoms with E-state index in [0.717, 1.165) is 19.4 Å². The maximum atomic E-state index is 12.0. The van der Waals surface area contributed by atoms with Crippen LogP contribution in [0, 0.1) is 0 Å². The number of hydrogen-bond acceptors (Lipinski definition) is 3. The van der Waals surface area contributed by atoms with Gasteiger partial charge in [-0.25, -0.2) is 0 Å². The third-order valence-corrected chi connectivity index (χ3v) is 2.88. The van der Waals surface area contributed by atoms with Gasteiger partial charge in [-0.2, -0.15) is 0 Å². The normalized spacial score (nSPS) is 21.8. The predicted molar refractivity (Wildman–Crippen MR) is 66.2 cm³/mol. The molecule has 1 saturated heterocycles. The zero-order chi connectivity index (χ0) is 12.8. The molecule has 0 aromatic heterocycles. The largest absolute Gasteiger partial charge is 0.352 e. The number of hydrogen-bond donors (Lipinski definition) is 2. The summed E-state index contributed by atoms with van der Waals surface area (Å²) in [5, 5.41) is 2.84. The molecule has 0 radical (unpaired) electrons. The lowest BCUT2D eigenvalue weighted by molar-refractivity contribution is -0.134. The molecule has 0 saturated carbocycles. The quantitative estimate of drug-likeness (QED) is 0.679. The van der Waals surface area contributed by atoms with Gasteiger partial charge in [-0.1, -0.05) is 6.08 Å². The van der Waals surface area contributed by atoms with E-state index >= 15 is 0 Å². The van der Waals surface area contributed by atoms with Gasteiger partial charge in [-0.3, -0.25) is 9.59 Å². The average molecular weight is 239 g/mol. The Bertz CT molecular complexity index is 304. The van der Waals surface area contributed by atoms with Crippen molar-refractivity contribution in [1.29, 1.82) is 0 Å². The van der Waals surface area contributed by atoms with Gasteiger partial charge in [0.15, 0.2) is 0 Å². The van der Waals surface area contributed by atoms with Crippen molar-refractivity contribution >= 4 is 11.8 Å². The topological polar surface area (TPSA) is 75.4 Å². The zero-order valence-electron chi connectivity index (χ0n) is 10.3. The van der Waals surface area contributed by atoms with Gasteiger partial charge in [0.2, 0.25) is 11.8 Å². The van der Waals surface area contributed by atoms with Crippen molar-refractivity contribution in [3.8, 4) is 0 Å². The number of nitrogens with two attached hydrogens (primary N) is 1. The van der Waals surface area contributed by atoms with Crippen molar-refractivity contribution in [3.05, 3.63) is 12.7 Å². The van der Waals surface area contributed by atoms with Gasteiger partial charge in [0.1, 0.15) is 0 Å². The molecule has 1 rings (SSSR count). The summed E-state index contributed by atoms with van der Waals surface area (Å²) in [4.78, 5) is 24.7. The van der Waals surface area contributed by atoms with Gasteiger partial charge in [0.25, 0.3) is 0 Å². The molecule has 1 fully saturated rings. The van der Waals surface area contributed by atoms with Crippen LogP contribution in [0.1, 0.15) is 26.2 Å². The Balaban J connectivity index is 2.50. The minimum Gasteiger partial charge on any atom is -0.352 e. The molecule has 0 aliphatic carbocycles. The van der Waals surface area contributed by atoms with E-state index in [2.05, 4.69) is 11.9 Å². The highest BCUT2D eigenvalue weighted by Gasteiger charge is 2.26. The van der Waals surface area contributed by atoms with Crippen LogP contribution in [0.15, 0.2) is 12.7 Å². The van der Waals surface area contributed by atoms with E-state index in [0.29, 0.717) is 13.0 Å². The fourth-order valence-corrected chi connectivity index (χ4v) is 2.10. The number of amides is 2. The minimum absolute atomic E-state index is 0.0556. The highest BCUT2D eigenvalue weighted by atomic mass is 16.2. The summed E-state index contributed by atoms with van der Waals surface area (Å²) in [7, 11) is 0. The lowest BCUT2D eigenvalue weighted by Crippen LogP contribution is -2.53. The number of nitrogens with one attached hydrogen (secondary N) is 1. The monoisotopic (exact) mass is 239 g/mol. The molecule has 2 amide bonds. The predicted octanol–water partition coefficient (Wildman–Crippen LogP) is 0.0169. The van der Waals surface area contributed by atoms with Crippen LogP contribution in [0.3, 0.4) is 0 Å². The molecule has 2 unspecified atom stereocenters. The lowest BCUT2D eigenvalue weighted by atomic mass is 10.0. The van der Waals surface area contributed by atoms with E-state index in [1.54, 1.807) is 11.0 Å². The minimum atomic E-state index is -0.511. The Morgan fingerprint density at radius 1 is 1.65 bits per heavy atom.